The largest absolute Gasteiger partial charge is 0.365 e. The second-order valence-corrected chi connectivity index (χ2v) is 4.76. The van der Waals surface area contributed by atoms with E-state index in [1.807, 2.05) is 32.4 Å². The molecule has 2 N–H and O–H groups in total. The third-order valence-corrected chi connectivity index (χ3v) is 3.88. The molecule has 0 aliphatic rings. The molecular weight excluding hydrogens is 232 g/mol. The molecule has 0 aliphatic heterocycles. The van der Waals surface area contributed by atoms with Crippen molar-refractivity contribution in [2.24, 2.45) is 0 Å². The molecule has 0 amide bonds. The van der Waals surface area contributed by atoms with Gasteiger partial charge in [0.2, 0.25) is 0 Å². The summed E-state index contributed by atoms with van der Waals surface area (Å²) in [5.41, 5.74) is 2.07. The normalized spacial score (nSPS) is 12.4. The molecule has 2 rings (SSSR count). The van der Waals surface area contributed by atoms with E-state index in [1.165, 1.54) is 4.88 Å². The highest BCUT2D eigenvalue weighted by Gasteiger charge is 2.16. The minimum absolute atomic E-state index is 0.282. The number of thiazole rings is 1. The van der Waals surface area contributed by atoms with Gasteiger partial charge in [-0.25, -0.2) is 4.98 Å². The Morgan fingerprint density at radius 1 is 1.35 bits per heavy atom. The summed E-state index contributed by atoms with van der Waals surface area (Å²) in [7, 11) is 3.84. The first kappa shape index (κ1) is 12.0. The van der Waals surface area contributed by atoms with Crippen LogP contribution in [-0.4, -0.2) is 24.1 Å². The number of hydrogen-bond acceptors (Lipinski definition) is 5. The highest BCUT2D eigenvalue weighted by Crippen LogP contribution is 2.34. The van der Waals surface area contributed by atoms with Gasteiger partial charge in [0, 0.05) is 31.0 Å². The summed E-state index contributed by atoms with van der Waals surface area (Å²) in [6.07, 6.45) is 3.62. The van der Waals surface area contributed by atoms with Gasteiger partial charge in [-0.05, 0) is 26.1 Å². The smallest absolute Gasteiger partial charge is 0.183 e. The highest BCUT2D eigenvalue weighted by atomic mass is 32.1. The quantitative estimate of drug-likeness (QED) is 0.873. The minimum Gasteiger partial charge on any atom is -0.365 e. The van der Waals surface area contributed by atoms with Gasteiger partial charge in [0.25, 0.3) is 0 Å². The van der Waals surface area contributed by atoms with Crippen molar-refractivity contribution < 1.29 is 0 Å². The molecular formula is C12H16N4S. The van der Waals surface area contributed by atoms with Crippen LogP contribution in [0, 0.1) is 0 Å². The summed E-state index contributed by atoms with van der Waals surface area (Å²) in [4.78, 5) is 9.97. The Labute approximate surface area is 105 Å². The Morgan fingerprint density at radius 2 is 2.18 bits per heavy atom. The molecule has 0 saturated carbocycles. The van der Waals surface area contributed by atoms with Crippen LogP contribution in [0.2, 0.25) is 0 Å². The topological polar surface area (TPSA) is 49.8 Å². The number of hydrogen-bond donors (Lipinski definition) is 2. The van der Waals surface area contributed by atoms with E-state index in [-0.39, 0.29) is 6.04 Å². The maximum atomic E-state index is 4.60. The van der Waals surface area contributed by atoms with E-state index in [9.17, 15) is 0 Å². The van der Waals surface area contributed by atoms with Gasteiger partial charge in [-0.2, -0.15) is 0 Å². The zero-order valence-corrected chi connectivity index (χ0v) is 11.0. The summed E-state index contributed by atoms with van der Waals surface area (Å²) in [6, 6.07) is 4.25. The van der Waals surface area contributed by atoms with Crippen LogP contribution >= 0.6 is 11.3 Å². The second-order valence-electron chi connectivity index (χ2n) is 3.73. The van der Waals surface area contributed by atoms with E-state index in [0.717, 1.165) is 16.4 Å². The van der Waals surface area contributed by atoms with Crippen LogP contribution < -0.4 is 10.6 Å². The van der Waals surface area contributed by atoms with Crippen molar-refractivity contribution in [3.05, 3.63) is 29.4 Å². The van der Waals surface area contributed by atoms with E-state index in [0.29, 0.717) is 0 Å². The molecule has 0 fully saturated rings. The summed E-state index contributed by atoms with van der Waals surface area (Å²) in [6.45, 7) is 2.13. The zero-order valence-electron chi connectivity index (χ0n) is 10.2. The van der Waals surface area contributed by atoms with Crippen LogP contribution in [-0.2, 0) is 0 Å². The zero-order chi connectivity index (χ0) is 12.3. The van der Waals surface area contributed by atoms with E-state index in [1.54, 1.807) is 17.5 Å². The summed E-state index contributed by atoms with van der Waals surface area (Å²) in [5.74, 6) is 0. The predicted molar refractivity (Wildman–Crippen MR) is 72.4 cm³/mol. The number of nitrogens with one attached hydrogen (secondary N) is 2. The fourth-order valence-corrected chi connectivity index (χ4v) is 2.58. The number of anilines is 1. The first-order valence-electron chi connectivity index (χ1n) is 5.52. The van der Waals surface area contributed by atoms with E-state index in [4.69, 9.17) is 0 Å². The Kier molecular flexibility index (Phi) is 3.71. The van der Waals surface area contributed by atoms with Crippen LogP contribution in [0.3, 0.4) is 0 Å². The van der Waals surface area contributed by atoms with Crippen LogP contribution in [0.4, 0.5) is 5.13 Å². The van der Waals surface area contributed by atoms with Gasteiger partial charge in [-0.3, -0.25) is 4.98 Å². The Bertz CT molecular complexity index is 481. The van der Waals surface area contributed by atoms with Crippen LogP contribution in [0.5, 0.6) is 0 Å². The van der Waals surface area contributed by atoms with Crippen molar-refractivity contribution in [1.29, 1.82) is 0 Å². The SMILES string of the molecule is CNc1nc(-c2cccnc2)c(C(C)NC)s1. The van der Waals surface area contributed by atoms with Gasteiger partial charge in [0.05, 0.1) is 10.6 Å². The molecule has 17 heavy (non-hydrogen) atoms. The van der Waals surface area contributed by atoms with Gasteiger partial charge in [-0.1, -0.05) is 11.3 Å². The Hall–Kier alpha value is -1.46. The molecule has 4 nitrogen and oxygen atoms in total. The lowest BCUT2D eigenvalue weighted by Crippen LogP contribution is -2.11. The molecule has 0 aliphatic carbocycles. The molecule has 0 spiro atoms. The summed E-state index contributed by atoms with van der Waals surface area (Å²) >= 11 is 1.67. The predicted octanol–water partition coefficient (Wildman–Crippen LogP) is 2.53. The molecule has 1 unspecified atom stereocenters. The van der Waals surface area contributed by atoms with Crippen molar-refractivity contribution in [2.45, 2.75) is 13.0 Å². The third kappa shape index (κ3) is 2.45. The Balaban J connectivity index is 2.48. The average molecular weight is 248 g/mol. The maximum Gasteiger partial charge on any atom is 0.183 e. The molecule has 1 atom stereocenters. The molecule has 2 aromatic rings. The molecule has 0 radical (unpaired) electrons. The van der Waals surface area contributed by atoms with E-state index in [2.05, 4.69) is 27.5 Å². The van der Waals surface area contributed by atoms with Gasteiger partial charge in [0.1, 0.15) is 0 Å². The molecule has 2 aromatic heterocycles. The number of pyridine rings is 1. The van der Waals surface area contributed by atoms with Crippen molar-refractivity contribution in [3.63, 3.8) is 0 Å². The van der Waals surface area contributed by atoms with Crippen molar-refractivity contribution in [2.75, 3.05) is 19.4 Å². The molecule has 90 valence electrons. The summed E-state index contributed by atoms with van der Waals surface area (Å²) in [5, 5.41) is 7.28. The third-order valence-electron chi connectivity index (χ3n) is 2.63. The fraction of sp³-hybridized carbons (Fsp3) is 0.333. The average Bonchev–Trinajstić information content (AvgIpc) is 2.83. The standard InChI is InChI=1S/C12H16N4S/c1-8(13-2)11-10(16-12(14-3)17-11)9-5-4-6-15-7-9/h4-8,13H,1-3H3,(H,14,16). The molecule has 5 heteroatoms. The van der Waals surface area contributed by atoms with Crippen LogP contribution in [0.1, 0.15) is 17.8 Å². The van der Waals surface area contributed by atoms with Crippen molar-refractivity contribution >= 4 is 16.5 Å². The van der Waals surface area contributed by atoms with Gasteiger partial charge >= 0.3 is 0 Å². The number of aromatic nitrogens is 2. The fourth-order valence-electron chi connectivity index (χ4n) is 1.57. The second kappa shape index (κ2) is 5.25. The van der Waals surface area contributed by atoms with Crippen LogP contribution in [0.15, 0.2) is 24.5 Å². The van der Waals surface area contributed by atoms with Crippen LogP contribution in [0.25, 0.3) is 11.3 Å². The molecule has 0 aromatic carbocycles. The first-order valence-corrected chi connectivity index (χ1v) is 6.34. The van der Waals surface area contributed by atoms with Gasteiger partial charge in [0.15, 0.2) is 5.13 Å². The number of rotatable bonds is 4. The maximum absolute atomic E-state index is 4.60. The lowest BCUT2D eigenvalue weighted by molar-refractivity contribution is 0.664. The van der Waals surface area contributed by atoms with Crippen molar-refractivity contribution in [1.82, 2.24) is 15.3 Å². The summed E-state index contributed by atoms with van der Waals surface area (Å²) < 4.78 is 0. The monoisotopic (exact) mass is 248 g/mol. The molecule has 0 saturated heterocycles. The number of nitrogens with zero attached hydrogens (tertiary/aromatic N) is 2. The lowest BCUT2D eigenvalue weighted by Gasteiger charge is -2.09. The first-order chi connectivity index (χ1) is 8.26. The van der Waals surface area contributed by atoms with Crippen molar-refractivity contribution in [3.8, 4) is 11.3 Å². The minimum atomic E-state index is 0.282. The highest BCUT2D eigenvalue weighted by molar-refractivity contribution is 7.16. The van der Waals surface area contributed by atoms with Gasteiger partial charge in [-0.15, -0.1) is 0 Å². The lowest BCUT2D eigenvalue weighted by atomic mass is 10.1. The van der Waals surface area contributed by atoms with E-state index >= 15 is 0 Å². The molecule has 2 heterocycles. The van der Waals surface area contributed by atoms with Gasteiger partial charge < -0.3 is 10.6 Å². The van der Waals surface area contributed by atoms with E-state index < -0.39 is 0 Å². The molecule has 0 bridgehead atoms. The Morgan fingerprint density at radius 3 is 2.76 bits per heavy atom.